The Morgan fingerprint density at radius 3 is 2.34 bits per heavy atom. The van der Waals surface area contributed by atoms with Crippen LogP contribution < -0.4 is 14.2 Å². The third-order valence-electron chi connectivity index (χ3n) is 7.54. The van der Waals surface area contributed by atoms with Crippen LogP contribution in [-0.2, 0) is 11.3 Å². The predicted molar refractivity (Wildman–Crippen MR) is 167 cm³/mol. The van der Waals surface area contributed by atoms with E-state index in [-0.39, 0.29) is 12.0 Å². The van der Waals surface area contributed by atoms with Crippen LogP contribution in [0.2, 0.25) is 0 Å². The lowest BCUT2D eigenvalue weighted by molar-refractivity contribution is -0.0231. The molecular formula is C34H35Cl2NO4. The SMILES string of the molecule is COc1cc(COC2CN(C(Cl)Cl)CCC2c2ccc(OCC=Cc3ccccc3)cc2)c(OC)c2ccccc12. The molecule has 2 unspecified atom stereocenters. The molecule has 4 aromatic rings. The van der Waals surface area contributed by atoms with Crippen molar-refractivity contribution in [2.45, 2.75) is 30.0 Å². The van der Waals surface area contributed by atoms with Crippen molar-refractivity contribution in [3.8, 4) is 17.2 Å². The van der Waals surface area contributed by atoms with Gasteiger partial charge in [-0.1, -0.05) is 96.0 Å². The first-order valence-corrected chi connectivity index (χ1v) is 14.7. The van der Waals surface area contributed by atoms with Crippen molar-refractivity contribution in [3.63, 3.8) is 0 Å². The van der Waals surface area contributed by atoms with Crippen LogP contribution in [0.25, 0.3) is 16.8 Å². The molecule has 0 saturated carbocycles. The van der Waals surface area contributed by atoms with E-state index < -0.39 is 4.96 Å². The first kappa shape index (κ1) is 29.3. The number of halogens is 2. The van der Waals surface area contributed by atoms with Crippen LogP contribution in [0.15, 0.2) is 91.0 Å². The molecule has 0 spiro atoms. The topological polar surface area (TPSA) is 40.2 Å². The molecule has 0 radical (unpaired) electrons. The van der Waals surface area contributed by atoms with Crippen molar-refractivity contribution < 1.29 is 18.9 Å². The summed E-state index contributed by atoms with van der Waals surface area (Å²) in [6.07, 6.45) is 4.84. The van der Waals surface area contributed by atoms with Crippen LogP contribution in [0.3, 0.4) is 0 Å². The average Bonchev–Trinajstić information content (AvgIpc) is 3.02. The molecule has 0 bridgehead atoms. The molecule has 1 saturated heterocycles. The van der Waals surface area contributed by atoms with Gasteiger partial charge in [0.25, 0.3) is 0 Å². The van der Waals surface area contributed by atoms with E-state index in [2.05, 4.69) is 30.3 Å². The fraction of sp³-hybridized carbons (Fsp3) is 0.294. The van der Waals surface area contributed by atoms with Gasteiger partial charge in [-0.3, -0.25) is 4.90 Å². The smallest absolute Gasteiger partial charge is 0.160 e. The first-order chi connectivity index (χ1) is 20.1. The number of nitrogens with zero attached hydrogens (tertiary/aromatic N) is 1. The molecule has 0 aliphatic carbocycles. The molecular weight excluding hydrogens is 557 g/mol. The number of alkyl halides is 2. The van der Waals surface area contributed by atoms with Crippen molar-refractivity contribution in [1.29, 1.82) is 0 Å². The lowest BCUT2D eigenvalue weighted by Gasteiger charge is -2.39. The Kier molecular flexibility index (Phi) is 10.1. The summed E-state index contributed by atoms with van der Waals surface area (Å²) in [5, 5.41) is 1.99. The van der Waals surface area contributed by atoms with Crippen LogP contribution in [0.4, 0.5) is 0 Å². The van der Waals surface area contributed by atoms with Gasteiger partial charge >= 0.3 is 0 Å². The third-order valence-corrected chi connectivity index (χ3v) is 8.09. The third kappa shape index (κ3) is 7.17. The van der Waals surface area contributed by atoms with Crippen LogP contribution in [0.1, 0.15) is 29.0 Å². The van der Waals surface area contributed by atoms with Gasteiger partial charge in [0.2, 0.25) is 0 Å². The van der Waals surface area contributed by atoms with Gasteiger partial charge in [0.1, 0.15) is 23.9 Å². The molecule has 0 amide bonds. The predicted octanol–water partition coefficient (Wildman–Crippen LogP) is 8.09. The van der Waals surface area contributed by atoms with Crippen LogP contribution in [0.5, 0.6) is 17.2 Å². The highest BCUT2D eigenvalue weighted by molar-refractivity contribution is 6.43. The Morgan fingerprint density at radius 1 is 0.902 bits per heavy atom. The summed E-state index contributed by atoms with van der Waals surface area (Å²) in [4.78, 5) is 1.45. The van der Waals surface area contributed by atoms with Gasteiger partial charge in [0.05, 0.1) is 26.9 Å². The first-order valence-electron chi connectivity index (χ1n) is 13.8. The number of ether oxygens (including phenoxy) is 4. The maximum atomic E-state index is 6.62. The van der Waals surface area contributed by atoms with Gasteiger partial charge in [0.15, 0.2) is 4.96 Å². The Bertz CT molecular complexity index is 1440. The molecule has 41 heavy (non-hydrogen) atoms. The quantitative estimate of drug-likeness (QED) is 0.130. The number of benzene rings is 4. The van der Waals surface area contributed by atoms with Crippen molar-refractivity contribution in [1.82, 2.24) is 4.90 Å². The summed E-state index contributed by atoms with van der Waals surface area (Å²) in [6.45, 7) is 2.28. The zero-order valence-corrected chi connectivity index (χ0v) is 24.9. The highest BCUT2D eigenvalue weighted by Crippen LogP contribution is 2.39. The van der Waals surface area contributed by atoms with Crippen molar-refractivity contribution >= 4 is 40.1 Å². The highest BCUT2D eigenvalue weighted by atomic mass is 35.5. The second-order valence-corrected chi connectivity index (χ2v) is 11.1. The van der Waals surface area contributed by atoms with Crippen LogP contribution in [0, 0.1) is 0 Å². The summed E-state index contributed by atoms with van der Waals surface area (Å²) in [5.74, 6) is 2.59. The number of hydrogen-bond acceptors (Lipinski definition) is 5. The molecule has 5 nitrogen and oxygen atoms in total. The summed E-state index contributed by atoms with van der Waals surface area (Å²) < 4.78 is 24.1. The Morgan fingerprint density at radius 2 is 1.63 bits per heavy atom. The normalized spacial score (nSPS) is 17.8. The molecule has 1 heterocycles. The molecule has 5 rings (SSSR count). The van der Waals surface area contributed by atoms with E-state index >= 15 is 0 Å². The summed E-state index contributed by atoms with van der Waals surface area (Å²) in [7, 11) is 3.37. The molecule has 214 valence electrons. The fourth-order valence-corrected chi connectivity index (χ4v) is 5.81. The number of methoxy groups -OCH3 is 2. The standard InChI is InChI=1S/C34H35Cl2NO4/c1-38-31-21-26(33(39-2)30-13-7-6-12-29(30)31)23-41-32-22-37(34(35)36)19-18-28(32)25-14-16-27(17-15-25)40-20-8-11-24-9-4-3-5-10-24/h3-17,21,28,32,34H,18-20,22-23H2,1-2H3. The minimum atomic E-state index is -0.586. The van der Waals surface area contributed by atoms with Gasteiger partial charge in [-0.15, -0.1) is 0 Å². The summed E-state index contributed by atoms with van der Waals surface area (Å²) >= 11 is 12.6. The number of hydrogen-bond donors (Lipinski definition) is 0. The van der Waals surface area contributed by atoms with E-state index in [4.69, 9.17) is 42.1 Å². The average molecular weight is 593 g/mol. The Balaban J connectivity index is 1.30. The minimum Gasteiger partial charge on any atom is -0.496 e. The van der Waals surface area contributed by atoms with E-state index in [0.29, 0.717) is 19.8 Å². The zero-order valence-electron chi connectivity index (χ0n) is 23.3. The van der Waals surface area contributed by atoms with E-state index in [1.807, 2.05) is 71.6 Å². The zero-order chi connectivity index (χ0) is 28.6. The van der Waals surface area contributed by atoms with Crippen LogP contribution >= 0.6 is 23.2 Å². The lowest BCUT2D eigenvalue weighted by Crippen LogP contribution is -2.45. The van der Waals surface area contributed by atoms with Gasteiger partial charge in [0, 0.05) is 35.3 Å². The summed E-state index contributed by atoms with van der Waals surface area (Å²) in [5.41, 5.74) is 3.28. The molecule has 1 aliphatic heterocycles. The number of piperidine rings is 1. The number of rotatable bonds is 11. The molecule has 1 aliphatic rings. The second kappa shape index (κ2) is 14.1. The summed E-state index contributed by atoms with van der Waals surface area (Å²) in [6, 6.07) is 28.6. The van der Waals surface area contributed by atoms with Crippen molar-refractivity contribution in [2.75, 3.05) is 33.9 Å². The van der Waals surface area contributed by atoms with Gasteiger partial charge in [-0.25, -0.2) is 0 Å². The van der Waals surface area contributed by atoms with E-state index in [1.54, 1.807) is 14.2 Å². The van der Waals surface area contributed by atoms with E-state index in [0.717, 1.165) is 52.1 Å². The van der Waals surface area contributed by atoms with Crippen molar-refractivity contribution in [3.05, 3.63) is 108 Å². The maximum absolute atomic E-state index is 6.62. The number of fused-ring (bicyclic) bond motifs is 1. The second-order valence-electron chi connectivity index (χ2n) is 10.0. The lowest BCUT2D eigenvalue weighted by atomic mass is 9.87. The van der Waals surface area contributed by atoms with Crippen molar-refractivity contribution in [2.24, 2.45) is 0 Å². The minimum absolute atomic E-state index is 0.119. The fourth-order valence-electron chi connectivity index (χ4n) is 5.46. The molecule has 0 aromatic heterocycles. The largest absolute Gasteiger partial charge is 0.496 e. The molecule has 1 fully saturated rings. The molecule has 2 atom stereocenters. The van der Waals surface area contributed by atoms with Crippen LogP contribution in [-0.4, -0.2) is 49.9 Å². The van der Waals surface area contributed by atoms with Gasteiger partial charge in [-0.05, 0) is 41.8 Å². The van der Waals surface area contributed by atoms with E-state index in [1.165, 1.54) is 5.56 Å². The number of likely N-dealkylation sites (tertiary alicyclic amines) is 1. The monoisotopic (exact) mass is 591 g/mol. The highest BCUT2D eigenvalue weighted by Gasteiger charge is 2.33. The molecule has 0 N–H and O–H groups in total. The van der Waals surface area contributed by atoms with Gasteiger partial charge in [-0.2, -0.15) is 0 Å². The Labute approximate surface area is 252 Å². The maximum Gasteiger partial charge on any atom is 0.160 e. The van der Waals surface area contributed by atoms with Gasteiger partial charge < -0.3 is 18.9 Å². The molecule has 4 aromatic carbocycles. The Hall–Kier alpha value is -3.22. The molecule has 7 heteroatoms. The van der Waals surface area contributed by atoms with E-state index in [9.17, 15) is 0 Å².